The van der Waals surface area contributed by atoms with Gasteiger partial charge in [0.05, 0.1) is 6.61 Å². The van der Waals surface area contributed by atoms with Crippen LogP contribution in [0.15, 0.2) is 12.4 Å². The summed E-state index contributed by atoms with van der Waals surface area (Å²) in [5, 5.41) is 0. The van der Waals surface area contributed by atoms with Gasteiger partial charge < -0.3 is 4.74 Å². The molecule has 0 saturated carbocycles. The Kier molecular flexibility index (Phi) is 4.21. The van der Waals surface area contributed by atoms with Crippen LogP contribution in [0.25, 0.3) is 0 Å². The van der Waals surface area contributed by atoms with Gasteiger partial charge in [-0.1, -0.05) is 13.8 Å². The lowest BCUT2D eigenvalue weighted by Gasteiger charge is -2.06. The summed E-state index contributed by atoms with van der Waals surface area (Å²) in [4.78, 5) is 18.9. The van der Waals surface area contributed by atoms with Crippen LogP contribution in [0.4, 0.5) is 0 Å². The lowest BCUT2D eigenvalue weighted by Crippen LogP contribution is -2.07. The summed E-state index contributed by atoms with van der Waals surface area (Å²) < 4.78 is 5.32. The third kappa shape index (κ3) is 4.54. The van der Waals surface area contributed by atoms with Gasteiger partial charge in [-0.3, -0.25) is 4.79 Å². The maximum absolute atomic E-state index is 10.8. The number of ether oxygens (including phenoxy) is 1. The molecule has 0 aliphatic heterocycles. The molecular weight excluding hydrogens is 192 g/mol. The topological polar surface area (TPSA) is 52.1 Å². The lowest BCUT2D eigenvalue weighted by atomic mass is 10.2. The van der Waals surface area contributed by atoms with Gasteiger partial charge in [-0.25, -0.2) is 9.97 Å². The molecule has 0 atom stereocenters. The van der Waals surface area contributed by atoms with Crippen molar-refractivity contribution >= 4 is 5.78 Å². The van der Waals surface area contributed by atoms with Crippen molar-refractivity contribution in [3.63, 3.8) is 0 Å². The van der Waals surface area contributed by atoms with Crippen molar-refractivity contribution in [3.8, 4) is 6.01 Å². The van der Waals surface area contributed by atoms with Crippen molar-refractivity contribution in [2.75, 3.05) is 6.61 Å². The molecular formula is C11H16N2O2. The van der Waals surface area contributed by atoms with Crippen molar-refractivity contribution in [3.05, 3.63) is 18.0 Å². The van der Waals surface area contributed by atoms with Gasteiger partial charge in [-0.2, -0.15) is 0 Å². The van der Waals surface area contributed by atoms with E-state index in [1.807, 2.05) is 0 Å². The number of carbonyl (C=O) groups is 1. The fourth-order valence-corrected chi connectivity index (χ4v) is 1.04. The van der Waals surface area contributed by atoms with Crippen LogP contribution in [0, 0.1) is 5.92 Å². The molecule has 4 heteroatoms. The first-order valence-electron chi connectivity index (χ1n) is 5.01. The first-order valence-corrected chi connectivity index (χ1v) is 5.01. The van der Waals surface area contributed by atoms with Gasteiger partial charge >= 0.3 is 6.01 Å². The lowest BCUT2D eigenvalue weighted by molar-refractivity contribution is -0.116. The van der Waals surface area contributed by atoms with Crippen LogP contribution in [-0.2, 0) is 11.2 Å². The summed E-state index contributed by atoms with van der Waals surface area (Å²) in [5.41, 5.74) is 0.819. The summed E-state index contributed by atoms with van der Waals surface area (Å²) in [6.45, 7) is 6.27. The zero-order valence-corrected chi connectivity index (χ0v) is 9.36. The van der Waals surface area contributed by atoms with E-state index in [4.69, 9.17) is 4.74 Å². The highest BCUT2D eigenvalue weighted by Gasteiger charge is 2.02. The first-order chi connectivity index (χ1) is 7.08. The van der Waals surface area contributed by atoms with Gasteiger partial charge in [-0.15, -0.1) is 0 Å². The van der Waals surface area contributed by atoms with Crippen molar-refractivity contribution in [2.24, 2.45) is 5.92 Å². The van der Waals surface area contributed by atoms with Crippen molar-refractivity contribution in [1.82, 2.24) is 9.97 Å². The fourth-order valence-electron chi connectivity index (χ4n) is 1.04. The van der Waals surface area contributed by atoms with Crippen molar-refractivity contribution in [2.45, 2.75) is 27.2 Å². The second kappa shape index (κ2) is 5.44. The predicted molar refractivity (Wildman–Crippen MR) is 56.8 cm³/mol. The molecule has 4 nitrogen and oxygen atoms in total. The summed E-state index contributed by atoms with van der Waals surface area (Å²) in [6, 6.07) is 0.371. The standard InChI is InChI=1S/C11H16N2O2/c1-8(2)7-15-11-12-5-10(6-13-11)4-9(3)14/h5-6,8H,4,7H2,1-3H3. The Balaban J connectivity index is 2.52. The Morgan fingerprint density at radius 3 is 2.47 bits per heavy atom. The molecule has 0 aromatic carbocycles. The van der Waals surface area contributed by atoms with E-state index in [1.165, 1.54) is 0 Å². The number of nitrogens with zero attached hydrogens (tertiary/aromatic N) is 2. The second-order valence-electron chi connectivity index (χ2n) is 3.96. The molecule has 0 bridgehead atoms. The van der Waals surface area contributed by atoms with E-state index in [1.54, 1.807) is 19.3 Å². The van der Waals surface area contributed by atoms with Gasteiger partial charge in [0.1, 0.15) is 5.78 Å². The largest absolute Gasteiger partial charge is 0.463 e. The summed E-state index contributed by atoms with van der Waals surface area (Å²) in [5.74, 6) is 0.556. The Labute approximate surface area is 89.7 Å². The molecule has 0 saturated heterocycles. The minimum atomic E-state index is 0.106. The van der Waals surface area contributed by atoms with Crippen LogP contribution in [0.5, 0.6) is 6.01 Å². The summed E-state index contributed by atoms with van der Waals surface area (Å²) in [6.07, 6.45) is 3.64. The SMILES string of the molecule is CC(=O)Cc1cnc(OCC(C)C)nc1. The third-order valence-corrected chi connectivity index (χ3v) is 1.68. The van der Waals surface area contributed by atoms with Crippen LogP contribution in [0.1, 0.15) is 26.3 Å². The maximum Gasteiger partial charge on any atom is 0.316 e. The highest BCUT2D eigenvalue weighted by molar-refractivity contribution is 5.77. The zero-order chi connectivity index (χ0) is 11.3. The number of hydrogen-bond acceptors (Lipinski definition) is 4. The van der Waals surface area contributed by atoms with Gasteiger partial charge in [0.25, 0.3) is 0 Å². The highest BCUT2D eigenvalue weighted by Crippen LogP contribution is 2.05. The average molecular weight is 208 g/mol. The average Bonchev–Trinajstić information content (AvgIpc) is 2.16. The molecule has 1 aromatic rings. The molecule has 1 rings (SSSR count). The number of hydrogen-bond donors (Lipinski definition) is 0. The molecule has 0 radical (unpaired) electrons. The normalized spacial score (nSPS) is 10.4. The molecule has 0 aliphatic carbocycles. The number of carbonyl (C=O) groups excluding carboxylic acids is 1. The Morgan fingerprint density at radius 1 is 1.40 bits per heavy atom. The molecule has 0 N–H and O–H groups in total. The second-order valence-corrected chi connectivity index (χ2v) is 3.96. The van der Waals surface area contributed by atoms with Crippen LogP contribution >= 0.6 is 0 Å². The van der Waals surface area contributed by atoms with Crippen molar-refractivity contribution < 1.29 is 9.53 Å². The van der Waals surface area contributed by atoms with Crippen molar-refractivity contribution in [1.29, 1.82) is 0 Å². The Hall–Kier alpha value is -1.45. The zero-order valence-electron chi connectivity index (χ0n) is 9.36. The summed E-state index contributed by atoms with van der Waals surface area (Å²) >= 11 is 0. The fraction of sp³-hybridized carbons (Fsp3) is 0.545. The molecule has 82 valence electrons. The molecule has 1 heterocycles. The molecule has 1 aromatic heterocycles. The molecule has 0 amide bonds. The van der Waals surface area contributed by atoms with Crippen LogP contribution < -0.4 is 4.74 Å². The van der Waals surface area contributed by atoms with E-state index in [9.17, 15) is 4.79 Å². The molecule has 0 fully saturated rings. The molecule has 15 heavy (non-hydrogen) atoms. The maximum atomic E-state index is 10.8. The van der Waals surface area contributed by atoms with E-state index in [0.29, 0.717) is 25.0 Å². The predicted octanol–water partition coefficient (Wildman–Crippen LogP) is 1.64. The number of rotatable bonds is 5. The third-order valence-electron chi connectivity index (χ3n) is 1.68. The minimum absolute atomic E-state index is 0.106. The molecule has 0 aliphatic rings. The highest BCUT2D eigenvalue weighted by atomic mass is 16.5. The van der Waals surface area contributed by atoms with Crippen LogP contribution in [0.3, 0.4) is 0 Å². The number of Topliss-reactive ketones (excluding diaryl/α,β-unsaturated/α-hetero) is 1. The van der Waals surface area contributed by atoms with Gasteiger partial charge in [0.2, 0.25) is 0 Å². The minimum Gasteiger partial charge on any atom is -0.463 e. The molecule has 0 spiro atoms. The Bertz CT molecular complexity index is 320. The Morgan fingerprint density at radius 2 is 2.00 bits per heavy atom. The van der Waals surface area contributed by atoms with E-state index in [0.717, 1.165) is 5.56 Å². The van der Waals surface area contributed by atoms with E-state index >= 15 is 0 Å². The number of ketones is 1. The van der Waals surface area contributed by atoms with Crippen LogP contribution in [-0.4, -0.2) is 22.4 Å². The smallest absolute Gasteiger partial charge is 0.316 e. The quantitative estimate of drug-likeness (QED) is 0.738. The van der Waals surface area contributed by atoms with Gasteiger partial charge in [0.15, 0.2) is 0 Å². The van der Waals surface area contributed by atoms with Gasteiger partial charge in [-0.05, 0) is 18.4 Å². The first kappa shape index (κ1) is 11.6. The molecule has 0 unspecified atom stereocenters. The van der Waals surface area contributed by atoms with E-state index in [-0.39, 0.29) is 5.78 Å². The monoisotopic (exact) mass is 208 g/mol. The van der Waals surface area contributed by atoms with E-state index in [2.05, 4.69) is 23.8 Å². The summed E-state index contributed by atoms with van der Waals surface area (Å²) in [7, 11) is 0. The van der Waals surface area contributed by atoms with Crippen LogP contribution in [0.2, 0.25) is 0 Å². The van der Waals surface area contributed by atoms with Gasteiger partial charge in [0, 0.05) is 18.8 Å². The van der Waals surface area contributed by atoms with E-state index < -0.39 is 0 Å². The number of aromatic nitrogens is 2.